The maximum absolute atomic E-state index is 14.6. The van der Waals surface area contributed by atoms with Crippen molar-refractivity contribution >= 4 is 81.7 Å². The molecule has 214 valence electrons. The van der Waals surface area contributed by atoms with E-state index in [1.165, 1.54) is 11.3 Å². The van der Waals surface area contributed by atoms with Crippen molar-refractivity contribution in [1.29, 1.82) is 0 Å². The molecule has 0 spiro atoms. The molecule has 1 aliphatic rings. The van der Waals surface area contributed by atoms with E-state index in [1.54, 1.807) is 58.6 Å². The number of aromatic nitrogens is 1. The van der Waals surface area contributed by atoms with Gasteiger partial charge in [-0.3, -0.25) is 9.36 Å². The number of thiazole rings is 1. The number of nitrogens with one attached hydrogen (secondary N) is 1. The van der Waals surface area contributed by atoms with Gasteiger partial charge in [-0.05, 0) is 60.7 Å². The highest BCUT2D eigenvalue weighted by Gasteiger charge is 2.36. The molecule has 2 aromatic carbocycles. The lowest BCUT2D eigenvalue weighted by Crippen LogP contribution is -2.34. The van der Waals surface area contributed by atoms with E-state index in [4.69, 9.17) is 27.9 Å². The molecule has 5 rings (SSSR count). The summed E-state index contributed by atoms with van der Waals surface area (Å²) in [5.74, 6) is -1.26. The summed E-state index contributed by atoms with van der Waals surface area (Å²) in [6, 6.07) is 13.7. The molecule has 8 nitrogen and oxygen atoms in total. The van der Waals surface area contributed by atoms with Crippen molar-refractivity contribution in [3.05, 3.63) is 80.0 Å². The number of rotatable bonds is 9. The number of ether oxygens (including phenoxy) is 1. The molecule has 1 fully saturated rings. The van der Waals surface area contributed by atoms with E-state index >= 15 is 0 Å². The number of carbonyl (C=O) groups excluding carboxylic acids is 1. The lowest BCUT2D eigenvalue weighted by Gasteiger charge is -2.36. The standard InChI is InChI=1S/C28H26Cl2N3O5PS2/c1-39(37,24-7-4-19(29)12-21(24)30)33(14-17-8-10-38-11-9-17)23-13-25(41-26(23)28(35)36)18-2-5-20(6-3-18)32-27(34)22-15-40-16-31-22/h2-7,12-13,15-17H,8-11,14H2,1H3,(H,32,34)(H,35,36). The molecule has 1 aliphatic heterocycles. The number of hydrogen-bond donors (Lipinski definition) is 2. The second-order valence-corrected chi connectivity index (χ2v) is 15.0. The molecule has 1 atom stereocenters. The van der Waals surface area contributed by atoms with Gasteiger partial charge in [0.15, 0.2) is 7.29 Å². The largest absolute Gasteiger partial charge is 0.477 e. The summed E-state index contributed by atoms with van der Waals surface area (Å²) in [5, 5.41) is 15.8. The Balaban J connectivity index is 1.51. The van der Waals surface area contributed by atoms with Crippen molar-refractivity contribution in [2.75, 3.05) is 36.4 Å². The number of halogens is 2. The number of anilines is 2. The third-order valence-electron chi connectivity index (χ3n) is 6.87. The van der Waals surface area contributed by atoms with Crippen molar-refractivity contribution in [3.8, 4) is 10.4 Å². The van der Waals surface area contributed by atoms with Crippen molar-refractivity contribution in [2.24, 2.45) is 5.92 Å². The predicted octanol–water partition coefficient (Wildman–Crippen LogP) is 7.60. The van der Waals surface area contributed by atoms with E-state index in [1.807, 2.05) is 12.1 Å². The monoisotopic (exact) mass is 649 g/mol. The minimum Gasteiger partial charge on any atom is -0.477 e. The fraction of sp³-hybridized carbons (Fsp3) is 0.250. The van der Waals surface area contributed by atoms with Crippen LogP contribution in [-0.4, -0.2) is 48.4 Å². The summed E-state index contributed by atoms with van der Waals surface area (Å²) < 4.78 is 21.9. The van der Waals surface area contributed by atoms with Crippen LogP contribution in [0.3, 0.4) is 0 Å². The Morgan fingerprint density at radius 3 is 2.51 bits per heavy atom. The molecule has 1 saturated heterocycles. The Labute approximate surface area is 255 Å². The maximum Gasteiger partial charge on any atom is 0.348 e. The van der Waals surface area contributed by atoms with Crippen LogP contribution in [0.2, 0.25) is 10.0 Å². The minimum atomic E-state index is -3.40. The molecule has 4 aromatic rings. The molecule has 0 bridgehead atoms. The SMILES string of the molecule is CP(=O)(c1ccc(Cl)cc1Cl)N(CC1CCOCC1)c1cc(-c2ccc(NC(=O)c3cscn3)cc2)sc1C(=O)O. The van der Waals surface area contributed by atoms with Gasteiger partial charge in [0, 0.05) is 52.7 Å². The summed E-state index contributed by atoms with van der Waals surface area (Å²) >= 11 is 15.1. The van der Waals surface area contributed by atoms with Crippen LogP contribution < -0.4 is 15.3 Å². The summed E-state index contributed by atoms with van der Waals surface area (Å²) in [5.41, 5.74) is 3.65. The summed E-state index contributed by atoms with van der Waals surface area (Å²) in [6.45, 7) is 3.19. The second kappa shape index (κ2) is 12.7. The summed E-state index contributed by atoms with van der Waals surface area (Å²) in [7, 11) is -3.40. The van der Waals surface area contributed by atoms with Gasteiger partial charge in [-0.15, -0.1) is 22.7 Å². The zero-order valence-electron chi connectivity index (χ0n) is 21.9. The number of aromatic carboxylic acids is 1. The van der Waals surface area contributed by atoms with Crippen LogP contribution in [0.15, 0.2) is 59.4 Å². The van der Waals surface area contributed by atoms with Gasteiger partial charge in [0.05, 0.1) is 16.2 Å². The Morgan fingerprint density at radius 1 is 1.15 bits per heavy atom. The van der Waals surface area contributed by atoms with Gasteiger partial charge in [0.1, 0.15) is 10.6 Å². The number of amides is 1. The minimum absolute atomic E-state index is 0.0835. The van der Waals surface area contributed by atoms with Gasteiger partial charge in [-0.2, -0.15) is 0 Å². The Hall–Kier alpha value is -2.72. The predicted molar refractivity (Wildman–Crippen MR) is 167 cm³/mol. The van der Waals surface area contributed by atoms with Crippen LogP contribution in [0, 0.1) is 5.92 Å². The average Bonchev–Trinajstić information content (AvgIpc) is 3.64. The number of thiophene rings is 1. The zero-order valence-corrected chi connectivity index (χ0v) is 25.9. The van der Waals surface area contributed by atoms with Gasteiger partial charge in [-0.1, -0.05) is 35.3 Å². The molecule has 0 aliphatic carbocycles. The zero-order chi connectivity index (χ0) is 29.1. The molecule has 41 heavy (non-hydrogen) atoms. The van der Waals surface area contributed by atoms with Crippen LogP contribution in [0.1, 0.15) is 33.0 Å². The number of carboxylic acid groups (broad SMARTS) is 1. The van der Waals surface area contributed by atoms with E-state index in [2.05, 4.69) is 10.3 Å². The van der Waals surface area contributed by atoms with E-state index in [-0.39, 0.29) is 21.7 Å². The molecule has 3 heterocycles. The first kappa shape index (κ1) is 29.8. The first-order valence-electron chi connectivity index (χ1n) is 12.7. The van der Waals surface area contributed by atoms with Gasteiger partial charge in [0.2, 0.25) is 0 Å². The van der Waals surface area contributed by atoms with Crippen LogP contribution in [0.5, 0.6) is 0 Å². The fourth-order valence-corrected chi connectivity index (χ4v) is 9.35. The average molecular weight is 651 g/mol. The van der Waals surface area contributed by atoms with E-state index in [0.717, 1.165) is 29.7 Å². The highest BCUT2D eigenvalue weighted by atomic mass is 35.5. The number of hydrogen-bond acceptors (Lipinski definition) is 7. The smallest absolute Gasteiger partial charge is 0.348 e. The summed E-state index contributed by atoms with van der Waals surface area (Å²) in [6.07, 6.45) is 1.55. The van der Waals surface area contributed by atoms with Crippen molar-refractivity contribution in [1.82, 2.24) is 4.98 Å². The van der Waals surface area contributed by atoms with Gasteiger partial charge in [0.25, 0.3) is 5.91 Å². The number of carbonyl (C=O) groups is 2. The molecule has 2 N–H and O–H groups in total. The lowest BCUT2D eigenvalue weighted by molar-refractivity contribution is 0.0685. The van der Waals surface area contributed by atoms with Crippen LogP contribution in [0.25, 0.3) is 10.4 Å². The molecule has 1 amide bonds. The fourth-order valence-electron chi connectivity index (χ4n) is 4.69. The second-order valence-electron chi connectivity index (χ2n) is 9.65. The van der Waals surface area contributed by atoms with E-state index in [9.17, 15) is 19.3 Å². The van der Waals surface area contributed by atoms with Crippen LogP contribution in [0.4, 0.5) is 11.4 Å². The Bertz CT molecular complexity index is 1610. The third kappa shape index (κ3) is 6.69. The van der Waals surface area contributed by atoms with E-state index in [0.29, 0.717) is 52.0 Å². The molecular weight excluding hydrogens is 624 g/mol. The van der Waals surface area contributed by atoms with Crippen LogP contribution in [-0.2, 0) is 9.30 Å². The molecular formula is C28H26Cl2N3O5PS2. The summed E-state index contributed by atoms with van der Waals surface area (Å²) in [4.78, 5) is 29.7. The van der Waals surface area contributed by atoms with E-state index < -0.39 is 13.3 Å². The number of nitrogens with zero attached hydrogens (tertiary/aromatic N) is 2. The number of benzene rings is 2. The first-order valence-corrected chi connectivity index (χ1v) is 17.3. The third-order valence-corrected chi connectivity index (χ3v) is 11.9. The first-order chi connectivity index (χ1) is 19.6. The van der Waals surface area contributed by atoms with Gasteiger partial charge < -0.3 is 19.8 Å². The van der Waals surface area contributed by atoms with Gasteiger partial charge in [-0.25, -0.2) is 9.78 Å². The van der Waals surface area contributed by atoms with Gasteiger partial charge >= 0.3 is 5.97 Å². The lowest BCUT2D eigenvalue weighted by atomic mass is 10.0. The highest BCUT2D eigenvalue weighted by Crippen LogP contribution is 2.53. The van der Waals surface area contributed by atoms with Crippen LogP contribution >= 0.6 is 53.2 Å². The molecule has 1 unspecified atom stereocenters. The van der Waals surface area contributed by atoms with Crippen molar-refractivity contribution < 1.29 is 24.0 Å². The normalized spacial score (nSPS) is 15.3. The quantitative estimate of drug-likeness (QED) is 0.180. The van der Waals surface area contributed by atoms with Crippen molar-refractivity contribution in [3.63, 3.8) is 0 Å². The molecule has 2 aromatic heterocycles. The van der Waals surface area contributed by atoms with Crippen molar-refractivity contribution in [2.45, 2.75) is 12.8 Å². The Morgan fingerprint density at radius 2 is 1.88 bits per heavy atom. The molecule has 0 radical (unpaired) electrons. The highest BCUT2D eigenvalue weighted by molar-refractivity contribution is 7.72. The molecule has 13 heteroatoms. The maximum atomic E-state index is 14.6. The topological polar surface area (TPSA) is 109 Å². The number of carboxylic acids is 1. The molecule has 0 saturated carbocycles. The Kier molecular flexibility index (Phi) is 9.18.